The normalized spacial score (nSPS) is 12.4. The Morgan fingerprint density at radius 3 is 2.38 bits per heavy atom. The van der Waals surface area contributed by atoms with Gasteiger partial charge in [0, 0.05) is 18.4 Å². The third kappa shape index (κ3) is 5.75. The van der Waals surface area contributed by atoms with E-state index in [2.05, 4.69) is 15.7 Å². The zero-order valence-corrected chi connectivity index (χ0v) is 19.2. The molecule has 180 valence electrons. The lowest BCUT2D eigenvalue weighted by Gasteiger charge is -2.30. The predicted octanol–water partition coefficient (Wildman–Crippen LogP) is 2.50. The van der Waals surface area contributed by atoms with Gasteiger partial charge in [-0.25, -0.2) is 8.78 Å². The summed E-state index contributed by atoms with van der Waals surface area (Å²) in [6.45, 7) is 5.47. The molecule has 0 unspecified atom stereocenters. The standard InChI is InChI=1S/C24H27F2N5O3/c1-24(2,3)21(23(34)28-12-11-18(27)32)29-22(33)19-16-5-4-6-17(26)20(16)31(30-19)13-14-7-9-15(25)10-8-14/h4-10,21H,11-13H2,1-3H3,(H2,27,32)(H,28,34)(H,29,33)/t21-/m1/s1. The molecule has 3 amide bonds. The number of nitrogens with one attached hydrogen (secondary N) is 2. The van der Waals surface area contributed by atoms with Crippen molar-refractivity contribution in [1.82, 2.24) is 20.4 Å². The molecule has 10 heteroatoms. The highest BCUT2D eigenvalue weighted by atomic mass is 19.1. The molecule has 0 aliphatic heterocycles. The number of nitrogens with two attached hydrogens (primary N) is 1. The molecule has 3 rings (SSSR count). The number of nitrogens with zero attached hydrogens (tertiary/aromatic N) is 2. The van der Waals surface area contributed by atoms with Gasteiger partial charge < -0.3 is 16.4 Å². The first-order valence-electron chi connectivity index (χ1n) is 10.7. The van der Waals surface area contributed by atoms with Crippen LogP contribution >= 0.6 is 0 Å². The van der Waals surface area contributed by atoms with Crippen LogP contribution in [-0.4, -0.2) is 40.1 Å². The number of hydrogen-bond donors (Lipinski definition) is 3. The first kappa shape index (κ1) is 24.8. The molecule has 0 aliphatic rings. The van der Waals surface area contributed by atoms with E-state index in [1.165, 1.54) is 28.9 Å². The van der Waals surface area contributed by atoms with Gasteiger partial charge in [0.2, 0.25) is 11.8 Å². The molecule has 3 aromatic rings. The topological polar surface area (TPSA) is 119 Å². The third-order valence-corrected chi connectivity index (χ3v) is 5.26. The maximum Gasteiger partial charge on any atom is 0.273 e. The molecule has 0 saturated heterocycles. The van der Waals surface area contributed by atoms with Gasteiger partial charge in [-0.1, -0.05) is 45.0 Å². The van der Waals surface area contributed by atoms with E-state index in [0.29, 0.717) is 5.56 Å². The first-order chi connectivity index (χ1) is 16.0. The maximum atomic E-state index is 14.7. The Morgan fingerprint density at radius 2 is 1.76 bits per heavy atom. The molecule has 0 saturated carbocycles. The van der Waals surface area contributed by atoms with Crippen LogP contribution in [0.15, 0.2) is 42.5 Å². The van der Waals surface area contributed by atoms with Crippen LogP contribution in [0.25, 0.3) is 10.9 Å². The number of halogens is 2. The van der Waals surface area contributed by atoms with Crippen molar-refractivity contribution in [2.45, 2.75) is 39.8 Å². The number of rotatable bonds is 8. The second-order valence-corrected chi connectivity index (χ2v) is 9.05. The summed E-state index contributed by atoms with van der Waals surface area (Å²) >= 11 is 0. The largest absolute Gasteiger partial charge is 0.370 e. The number of amides is 3. The molecule has 0 radical (unpaired) electrons. The van der Waals surface area contributed by atoms with Crippen molar-refractivity contribution in [2.24, 2.45) is 11.1 Å². The summed E-state index contributed by atoms with van der Waals surface area (Å²) in [5.41, 5.74) is 5.17. The van der Waals surface area contributed by atoms with Crippen LogP contribution in [0.5, 0.6) is 0 Å². The lowest BCUT2D eigenvalue weighted by atomic mass is 9.86. The summed E-state index contributed by atoms with van der Waals surface area (Å²) in [5, 5.41) is 9.89. The van der Waals surface area contributed by atoms with Crippen LogP contribution in [0.4, 0.5) is 8.78 Å². The Kier molecular flexibility index (Phi) is 7.29. The number of carbonyl (C=O) groups is 3. The van der Waals surface area contributed by atoms with E-state index >= 15 is 0 Å². The molecular weight excluding hydrogens is 444 g/mol. The van der Waals surface area contributed by atoms with Crippen LogP contribution in [0.2, 0.25) is 0 Å². The van der Waals surface area contributed by atoms with E-state index < -0.39 is 40.8 Å². The number of fused-ring (bicyclic) bond motifs is 1. The van der Waals surface area contributed by atoms with Crippen LogP contribution in [0, 0.1) is 17.0 Å². The molecule has 0 fully saturated rings. The van der Waals surface area contributed by atoms with E-state index in [9.17, 15) is 23.2 Å². The fourth-order valence-electron chi connectivity index (χ4n) is 3.52. The zero-order valence-electron chi connectivity index (χ0n) is 19.2. The lowest BCUT2D eigenvalue weighted by Crippen LogP contribution is -2.54. The summed E-state index contributed by atoms with van der Waals surface area (Å²) in [6, 6.07) is 9.02. The minimum atomic E-state index is -0.960. The number of benzene rings is 2. The molecule has 2 aromatic carbocycles. The molecule has 34 heavy (non-hydrogen) atoms. The van der Waals surface area contributed by atoms with Gasteiger partial charge in [0.15, 0.2) is 5.69 Å². The van der Waals surface area contributed by atoms with Crippen molar-refractivity contribution < 1.29 is 23.2 Å². The second kappa shape index (κ2) is 9.98. The van der Waals surface area contributed by atoms with E-state index in [1.807, 2.05) is 0 Å². The minimum Gasteiger partial charge on any atom is -0.370 e. The molecule has 0 bridgehead atoms. The van der Waals surface area contributed by atoms with Gasteiger partial charge in [-0.2, -0.15) is 5.10 Å². The van der Waals surface area contributed by atoms with Crippen LogP contribution in [0.3, 0.4) is 0 Å². The average molecular weight is 472 g/mol. The van der Waals surface area contributed by atoms with Gasteiger partial charge in [0.25, 0.3) is 5.91 Å². The molecule has 4 N–H and O–H groups in total. The lowest BCUT2D eigenvalue weighted by molar-refractivity contribution is -0.125. The fraction of sp³-hybridized carbons (Fsp3) is 0.333. The second-order valence-electron chi connectivity index (χ2n) is 9.05. The van der Waals surface area contributed by atoms with Crippen LogP contribution in [-0.2, 0) is 16.1 Å². The Hall–Kier alpha value is -3.82. The van der Waals surface area contributed by atoms with Crippen molar-refractivity contribution in [2.75, 3.05) is 6.54 Å². The molecule has 8 nitrogen and oxygen atoms in total. The Morgan fingerprint density at radius 1 is 1.09 bits per heavy atom. The van der Waals surface area contributed by atoms with Crippen molar-refractivity contribution in [3.05, 3.63) is 65.4 Å². The zero-order chi connectivity index (χ0) is 25.0. The monoisotopic (exact) mass is 471 g/mol. The molecule has 0 aliphatic carbocycles. The summed E-state index contributed by atoms with van der Waals surface area (Å²) in [7, 11) is 0. The average Bonchev–Trinajstić information content (AvgIpc) is 3.12. The smallest absolute Gasteiger partial charge is 0.273 e. The quantitative estimate of drug-likeness (QED) is 0.468. The van der Waals surface area contributed by atoms with Gasteiger partial charge in [0.05, 0.1) is 6.54 Å². The maximum absolute atomic E-state index is 14.7. The number of hydrogen-bond acceptors (Lipinski definition) is 4. The Balaban J connectivity index is 1.91. The SMILES string of the molecule is CC(C)(C)[C@H](NC(=O)c1nn(Cc2ccc(F)cc2)c2c(F)cccc12)C(=O)NCCC(N)=O. The molecule has 0 spiro atoms. The van der Waals surface area contributed by atoms with Crippen LogP contribution in [0.1, 0.15) is 43.2 Å². The fourth-order valence-corrected chi connectivity index (χ4v) is 3.52. The number of primary amides is 1. The van der Waals surface area contributed by atoms with Gasteiger partial charge in [0.1, 0.15) is 23.2 Å². The highest BCUT2D eigenvalue weighted by Gasteiger charge is 2.34. The summed E-state index contributed by atoms with van der Waals surface area (Å²) < 4.78 is 29.3. The summed E-state index contributed by atoms with van der Waals surface area (Å²) in [6.07, 6.45) is -0.0335. The highest BCUT2D eigenvalue weighted by molar-refractivity contribution is 6.06. The third-order valence-electron chi connectivity index (χ3n) is 5.26. The number of para-hydroxylation sites is 1. The van der Waals surface area contributed by atoms with Gasteiger partial charge in [-0.05, 0) is 29.2 Å². The molecule has 1 heterocycles. The molecule has 1 atom stereocenters. The minimum absolute atomic E-state index is 0.0335. The van der Waals surface area contributed by atoms with Crippen molar-refractivity contribution in [3.63, 3.8) is 0 Å². The van der Waals surface area contributed by atoms with Gasteiger partial charge >= 0.3 is 0 Å². The Labute approximate surface area is 195 Å². The first-order valence-corrected chi connectivity index (χ1v) is 10.7. The van der Waals surface area contributed by atoms with Gasteiger partial charge in [-0.3, -0.25) is 19.1 Å². The van der Waals surface area contributed by atoms with E-state index in [1.54, 1.807) is 39.0 Å². The Bertz CT molecular complexity index is 1220. The van der Waals surface area contributed by atoms with E-state index in [0.717, 1.165) is 0 Å². The van der Waals surface area contributed by atoms with E-state index in [4.69, 9.17) is 5.73 Å². The van der Waals surface area contributed by atoms with Crippen molar-refractivity contribution in [3.8, 4) is 0 Å². The number of aromatic nitrogens is 2. The van der Waals surface area contributed by atoms with E-state index in [-0.39, 0.29) is 36.1 Å². The summed E-state index contributed by atoms with van der Waals surface area (Å²) in [4.78, 5) is 36.9. The van der Waals surface area contributed by atoms with Crippen molar-refractivity contribution >= 4 is 28.6 Å². The van der Waals surface area contributed by atoms with Crippen molar-refractivity contribution in [1.29, 1.82) is 0 Å². The highest BCUT2D eigenvalue weighted by Crippen LogP contribution is 2.25. The van der Waals surface area contributed by atoms with Gasteiger partial charge in [-0.15, -0.1) is 0 Å². The van der Waals surface area contributed by atoms with Crippen LogP contribution < -0.4 is 16.4 Å². The molecular formula is C24H27F2N5O3. The number of carbonyl (C=O) groups excluding carboxylic acids is 3. The summed E-state index contributed by atoms with van der Waals surface area (Å²) in [5.74, 6) is -2.66. The predicted molar refractivity (Wildman–Crippen MR) is 123 cm³/mol. The molecule has 1 aromatic heterocycles.